The van der Waals surface area contributed by atoms with Crippen LogP contribution >= 0.6 is 12.2 Å². The molecular weight excluding hydrogens is 424 g/mol. The van der Waals surface area contributed by atoms with E-state index < -0.39 is 11.4 Å². The highest BCUT2D eigenvalue weighted by Gasteiger charge is 2.59. The molecule has 0 aliphatic heterocycles. The van der Waals surface area contributed by atoms with Crippen LogP contribution in [-0.2, 0) is 19.8 Å². The lowest BCUT2D eigenvalue weighted by molar-refractivity contribution is -0.123. The fourth-order valence-corrected chi connectivity index (χ4v) is 4.38. The van der Waals surface area contributed by atoms with E-state index in [2.05, 4.69) is 38.2 Å². The predicted octanol–water partition coefficient (Wildman–Crippen LogP) is 4.10. The summed E-state index contributed by atoms with van der Waals surface area (Å²) < 4.78 is 4.78. The van der Waals surface area contributed by atoms with Gasteiger partial charge < -0.3 is 14.6 Å². The maximum atomic E-state index is 13.0. The number of rotatable bonds is 7. The van der Waals surface area contributed by atoms with Gasteiger partial charge in [-0.3, -0.25) is 4.79 Å². The lowest BCUT2D eigenvalue weighted by Gasteiger charge is -2.22. The minimum atomic E-state index is -0.524. The van der Waals surface area contributed by atoms with Crippen LogP contribution in [0.4, 0.5) is 0 Å². The molecule has 4 N–H and O–H groups in total. The van der Waals surface area contributed by atoms with Crippen LogP contribution in [0.2, 0.25) is 0 Å². The number of amides is 1. The molecule has 2 aromatic carbocycles. The molecule has 0 aromatic heterocycles. The van der Waals surface area contributed by atoms with Crippen molar-refractivity contribution in [2.24, 2.45) is 11.1 Å². The molecule has 0 bridgehead atoms. The van der Waals surface area contributed by atoms with Gasteiger partial charge in [-0.25, -0.2) is 9.93 Å². The molecule has 0 spiro atoms. The van der Waals surface area contributed by atoms with Gasteiger partial charge in [-0.2, -0.15) is 0 Å². The number of aryl methyl sites for hydroxylation is 1. The third kappa shape index (κ3) is 4.85. The standard InChI is InChI=1S/C25H32N2O4S/c1-15-12-17(6-11-20(15)23(30)31-32-26)16(2)27-22(29)21-13-25(21,14-28)19-9-7-18(8-10-19)24(3,4)5/h6-12,16,21,28H,13-14,26H2,1-5H3,(H,27,29)/t16-,21?,25?/m1/s1. The number of benzene rings is 2. The van der Waals surface area contributed by atoms with Gasteiger partial charge in [0, 0.05) is 5.41 Å². The van der Waals surface area contributed by atoms with Crippen LogP contribution < -0.4 is 10.5 Å². The molecule has 0 saturated heterocycles. The minimum Gasteiger partial charge on any atom is -0.395 e. The number of nitrogens with two attached hydrogens (primary N) is 1. The predicted molar refractivity (Wildman–Crippen MR) is 127 cm³/mol. The van der Waals surface area contributed by atoms with Crippen LogP contribution in [-0.4, -0.2) is 23.6 Å². The summed E-state index contributed by atoms with van der Waals surface area (Å²) in [4.78, 5) is 24.9. The van der Waals surface area contributed by atoms with Crippen molar-refractivity contribution in [1.29, 1.82) is 0 Å². The summed E-state index contributed by atoms with van der Waals surface area (Å²) in [6.45, 7) is 10.1. The number of nitrogens with one attached hydrogen (secondary N) is 1. The first-order valence-corrected chi connectivity index (χ1v) is 11.5. The SMILES string of the molecule is Cc1cc([C@@H](C)NC(=O)C2CC2(CO)c2ccc(C(C)(C)C)cc2)ccc1C(=O)OSN. The quantitative estimate of drug-likeness (QED) is 0.428. The molecule has 3 rings (SSSR count). The van der Waals surface area contributed by atoms with Crippen molar-refractivity contribution in [3.05, 3.63) is 70.3 Å². The summed E-state index contributed by atoms with van der Waals surface area (Å²) in [5.41, 5.74) is 3.81. The fraction of sp³-hybridized carbons (Fsp3) is 0.440. The number of aliphatic hydroxyl groups is 1. The maximum Gasteiger partial charge on any atom is 0.351 e. The van der Waals surface area contributed by atoms with E-state index in [9.17, 15) is 14.7 Å². The summed E-state index contributed by atoms with van der Waals surface area (Å²) in [6, 6.07) is 13.3. The Kier molecular flexibility index (Phi) is 7.03. The normalized spacial score (nSPS) is 21.0. The summed E-state index contributed by atoms with van der Waals surface area (Å²) in [7, 11) is 0. The molecule has 2 unspecified atom stereocenters. The Balaban J connectivity index is 1.69. The number of aliphatic hydroxyl groups excluding tert-OH is 1. The lowest BCUT2D eigenvalue weighted by Crippen LogP contribution is -2.32. The molecule has 2 aromatic rings. The minimum absolute atomic E-state index is 0.0498. The Labute approximate surface area is 194 Å². The molecule has 0 heterocycles. The summed E-state index contributed by atoms with van der Waals surface area (Å²) in [5.74, 6) is -0.846. The molecule has 3 atom stereocenters. The van der Waals surface area contributed by atoms with E-state index in [0.29, 0.717) is 24.2 Å². The molecule has 1 saturated carbocycles. The highest BCUT2D eigenvalue weighted by Crippen LogP contribution is 2.54. The van der Waals surface area contributed by atoms with Gasteiger partial charge in [0.25, 0.3) is 0 Å². The summed E-state index contributed by atoms with van der Waals surface area (Å²) in [6.07, 6.45) is 0.622. The highest BCUT2D eigenvalue weighted by molar-refractivity contribution is 7.92. The Morgan fingerprint density at radius 3 is 2.44 bits per heavy atom. The average molecular weight is 457 g/mol. The van der Waals surface area contributed by atoms with Gasteiger partial charge in [0.2, 0.25) is 5.91 Å². The highest BCUT2D eigenvalue weighted by atomic mass is 32.2. The lowest BCUT2D eigenvalue weighted by atomic mass is 9.84. The number of carbonyl (C=O) groups is 2. The van der Waals surface area contributed by atoms with Crippen molar-refractivity contribution >= 4 is 24.1 Å². The fourth-order valence-electron chi connectivity index (χ4n) is 4.21. The number of hydrogen-bond acceptors (Lipinski definition) is 6. The maximum absolute atomic E-state index is 13.0. The van der Waals surface area contributed by atoms with Crippen molar-refractivity contribution in [1.82, 2.24) is 5.32 Å². The third-order valence-electron chi connectivity index (χ3n) is 6.45. The van der Waals surface area contributed by atoms with Crippen molar-refractivity contribution in [3.8, 4) is 0 Å². The molecule has 0 radical (unpaired) electrons. The van der Waals surface area contributed by atoms with E-state index in [1.165, 1.54) is 5.56 Å². The van der Waals surface area contributed by atoms with Crippen molar-refractivity contribution in [2.45, 2.75) is 57.9 Å². The summed E-state index contributed by atoms with van der Waals surface area (Å²) >= 11 is 0.517. The van der Waals surface area contributed by atoms with Crippen LogP contribution in [0.1, 0.15) is 72.8 Å². The van der Waals surface area contributed by atoms with Crippen LogP contribution in [0.25, 0.3) is 0 Å². The molecule has 1 aliphatic rings. The van der Waals surface area contributed by atoms with E-state index in [0.717, 1.165) is 16.7 Å². The van der Waals surface area contributed by atoms with Gasteiger partial charge in [0.1, 0.15) is 12.2 Å². The molecule has 1 fully saturated rings. The van der Waals surface area contributed by atoms with E-state index >= 15 is 0 Å². The second kappa shape index (κ2) is 9.25. The smallest absolute Gasteiger partial charge is 0.351 e. The van der Waals surface area contributed by atoms with Crippen LogP contribution in [0, 0.1) is 12.8 Å². The van der Waals surface area contributed by atoms with E-state index in [1.54, 1.807) is 12.1 Å². The van der Waals surface area contributed by atoms with Crippen molar-refractivity contribution in [3.63, 3.8) is 0 Å². The molecule has 6 nitrogen and oxygen atoms in total. The number of hydrogen-bond donors (Lipinski definition) is 3. The van der Waals surface area contributed by atoms with Gasteiger partial charge in [-0.15, -0.1) is 0 Å². The average Bonchev–Trinajstić information content (AvgIpc) is 3.49. The first-order valence-electron chi connectivity index (χ1n) is 10.7. The Bertz CT molecular complexity index is 1000. The number of carbonyl (C=O) groups excluding carboxylic acids is 2. The van der Waals surface area contributed by atoms with Gasteiger partial charge in [0.05, 0.1) is 24.1 Å². The monoisotopic (exact) mass is 456 g/mol. The Morgan fingerprint density at radius 2 is 1.91 bits per heavy atom. The molecule has 1 amide bonds. The van der Waals surface area contributed by atoms with Gasteiger partial charge in [-0.1, -0.05) is 57.2 Å². The zero-order valence-electron chi connectivity index (χ0n) is 19.3. The molecule has 1 aliphatic carbocycles. The Hall–Kier alpha value is -2.35. The van der Waals surface area contributed by atoms with Gasteiger partial charge in [0.15, 0.2) is 0 Å². The van der Waals surface area contributed by atoms with E-state index in [1.807, 2.05) is 32.0 Å². The van der Waals surface area contributed by atoms with E-state index in [4.69, 9.17) is 9.32 Å². The van der Waals surface area contributed by atoms with Crippen molar-refractivity contribution < 1.29 is 18.9 Å². The van der Waals surface area contributed by atoms with Crippen LogP contribution in [0.15, 0.2) is 42.5 Å². The first-order chi connectivity index (χ1) is 15.0. The molecule has 32 heavy (non-hydrogen) atoms. The molecule has 7 heteroatoms. The van der Waals surface area contributed by atoms with Gasteiger partial charge >= 0.3 is 5.97 Å². The topological polar surface area (TPSA) is 102 Å². The first kappa shape index (κ1) is 24.3. The summed E-state index contributed by atoms with van der Waals surface area (Å²) in [5, 5.41) is 18.4. The Morgan fingerprint density at radius 1 is 1.25 bits per heavy atom. The molecular formula is C25H32N2O4S. The van der Waals surface area contributed by atoms with Crippen LogP contribution in [0.3, 0.4) is 0 Å². The second-order valence-corrected chi connectivity index (χ2v) is 10.0. The molecule has 172 valence electrons. The van der Waals surface area contributed by atoms with Crippen molar-refractivity contribution in [2.75, 3.05) is 6.61 Å². The van der Waals surface area contributed by atoms with Gasteiger partial charge in [-0.05, 0) is 54.0 Å². The van der Waals surface area contributed by atoms with E-state index in [-0.39, 0.29) is 29.9 Å². The third-order valence-corrected chi connectivity index (χ3v) is 6.70. The second-order valence-electron chi connectivity index (χ2n) is 9.67. The zero-order chi connectivity index (χ0) is 23.7. The largest absolute Gasteiger partial charge is 0.395 e. The van der Waals surface area contributed by atoms with Crippen LogP contribution in [0.5, 0.6) is 0 Å². The zero-order valence-corrected chi connectivity index (χ0v) is 20.1.